The molecular weight excluding hydrogens is 336 g/mol. The topological polar surface area (TPSA) is 50.2 Å². The molecule has 1 aromatic heterocycles. The van der Waals surface area contributed by atoms with Gasteiger partial charge in [-0.15, -0.1) is 0 Å². The van der Waals surface area contributed by atoms with Crippen molar-refractivity contribution in [2.75, 3.05) is 13.1 Å². The van der Waals surface area contributed by atoms with Crippen LogP contribution in [0, 0.1) is 19.8 Å². The molecule has 1 atom stereocenters. The van der Waals surface area contributed by atoms with Crippen LogP contribution in [0.5, 0.6) is 0 Å². The number of imidazole rings is 1. The van der Waals surface area contributed by atoms with Gasteiger partial charge >= 0.3 is 6.03 Å². The Hall–Kier alpha value is -2.30. The van der Waals surface area contributed by atoms with Gasteiger partial charge in [-0.25, -0.2) is 9.78 Å². The minimum atomic E-state index is 0.0451. The van der Waals surface area contributed by atoms with E-state index in [0.717, 1.165) is 43.7 Å². The molecule has 0 radical (unpaired) electrons. The summed E-state index contributed by atoms with van der Waals surface area (Å²) in [4.78, 5) is 19.2. The lowest BCUT2D eigenvalue weighted by Crippen LogP contribution is -2.45. The molecule has 0 aliphatic carbocycles. The lowest BCUT2D eigenvalue weighted by atomic mass is 9.94. The van der Waals surface area contributed by atoms with Crippen molar-refractivity contribution in [3.8, 4) is 0 Å². The molecule has 2 aromatic rings. The first-order valence-corrected chi connectivity index (χ1v) is 10.0. The fourth-order valence-corrected chi connectivity index (χ4v) is 4.02. The predicted octanol–water partition coefficient (Wildman–Crippen LogP) is 4.25. The Morgan fingerprint density at radius 3 is 2.70 bits per heavy atom. The molecule has 146 valence electrons. The second-order valence-corrected chi connectivity index (χ2v) is 8.08. The molecule has 1 aliphatic rings. The first-order chi connectivity index (χ1) is 12.9. The molecule has 1 aliphatic heterocycles. The minimum Gasteiger partial charge on any atom is -0.334 e. The van der Waals surface area contributed by atoms with Crippen LogP contribution in [-0.2, 0) is 13.0 Å². The third kappa shape index (κ3) is 4.90. The Bertz CT molecular complexity index is 763. The minimum absolute atomic E-state index is 0.0451. The molecule has 1 N–H and O–H groups in total. The largest absolute Gasteiger partial charge is 0.334 e. The van der Waals surface area contributed by atoms with Crippen molar-refractivity contribution in [1.82, 2.24) is 19.8 Å². The van der Waals surface area contributed by atoms with Crippen molar-refractivity contribution in [3.63, 3.8) is 0 Å². The molecule has 5 heteroatoms. The van der Waals surface area contributed by atoms with Crippen LogP contribution in [0.25, 0.3) is 0 Å². The number of urea groups is 1. The van der Waals surface area contributed by atoms with Gasteiger partial charge in [-0.1, -0.05) is 29.8 Å². The molecule has 2 heterocycles. The van der Waals surface area contributed by atoms with Crippen molar-refractivity contribution in [1.29, 1.82) is 0 Å². The molecular formula is C22H32N4O. The Kier molecular flexibility index (Phi) is 6.19. The van der Waals surface area contributed by atoms with E-state index in [1.54, 1.807) is 0 Å². The molecule has 0 spiro atoms. The molecule has 0 bridgehead atoms. The molecule has 1 aromatic carbocycles. The second kappa shape index (κ2) is 8.59. The number of aromatic nitrogens is 2. The average Bonchev–Trinajstić information content (AvgIpc) is 3.01. The maximum atomic E-state index is 12.6. The van der Waals surface area contributed by atoms with Crippen LogP contribution in [0.3, 0.4) is 0 Å². The van der Waals surface area contributed by atoms with E-state index in [-0.39, 0.29) is 6.03 Å². The summed E-state index contributed by atoms with van der Waals surface area (Å²) in [6.07, 6.45) is 5.12. The van der Waals surface area contributed by atoms with Gasteiger partial charge in [-0.05, 0) is 52.0 Å². The summed E-state index contributed by atoms with van der Waals surface area (Å²) >= 11 is 0. The fourth-order valence-electron chi connectivity index (χ4n) is 4.02. The lowest BCUT2D eigenvalue weighted by molar-refractivity contribution is 0.163. The number of piperidine rings is 1. The van der Waals surface area contributed by atoms with Gasteiger partial charge in [-0.3, -0.25) is 0 Å². The molecule has 27 heavy (non-hydrogen) atoms. The van der Waals surface area contributed by atoms with Gasteiger partial charge in [-0.2, -0.15) is 0 Å². The van der Waals surface area contributed by atoms with Crippen molar-refractivity contribution in [3.05, 3.63) is 53.1 Å². The Balaban J connectivity index is 1.55. The van der Waals surface area contributed by atoms with Crippen molar-refractivity contribution >= 4 is 6.03 Å². The van der Waals surface area contributed by atoms with Crippen molar-refractivity contribution in [2.45, 2.75) is 59.5 Å². The van der Waals surface area contributed by atoms with E-state index in [1.807, 2.05) is 11.1 Å². The van der Waals surface area contributed by atoms with Gasteiger partial charge in [0.15, 0.2) is 0 Å². The summed E-state index contributed by atoms with van der Waals surface area (Å²) in [5, 5.41) is 3.07. The quantitative estimate of drug-likeness (QED) is 0.858. The highest BCUT2D eigenvalue weighted by Crippen LogP contribution is 2.23. The number of carbonyl (C=O) groups is 1. The monoisotopic (exact) mass is 368 g/mol. The van der Waals surface area contributed by atoms with Crippen molar-refractivity contribution in [2.24, 2.45) is 5.92 Å². The van der Waals surface area contributed by atoms with Gasteiger partial charge in [0, 0.05) is 44.0 Å². The number of hydrogen-bond donors (Lipinski definition) is 1. The van der Waals surface area contributed by atoms with Gasteiger partial charge in [0.1, 0.15) is 5.82 Å². The number of nitrogens with one attached hydrogen (secondary N) is 1. The van der Waals surface area contributed by atoms with Gasteiger partial charge in [0.05, 0.1) is 0 Å². The fraction of sp³-hybridized carbons (Fsp3) is 0.545. The van der Waals surface area contributed by atoms with Gasteiger partial charge in [0.2, 0.25) is 0 Å². The zero-order valence-electron chi connectivity index (χ0n) is 17.0. The predicted molar refractivity (Wildman–Crippen MR) is 109 cm³/mol. The number of nitrogens with zero attached hydrogens (tertiary/aromatic N) is 3. The van der Waals surface area contributed by atoms with Crippen LogP contribution in [0.2, 0.25) is 0 Å². The summed E-state index contributed by atoms with van der Waals surface area (Å²) in [6, 6.07) is 8.77. The molecule has 0 saturated carbocycles. The van der Waals surface area contributed by atoms with Crippen LogP contribution < -0.4 is 5.32 Å². The smallest absolute Gasteiger partial charge is 0.317 e. The number of likely N-dealkylation sites (tertiary alicyclic amines) is 1. The summed E-state index contributed by atoms with van der Waals surface area (Å²) in [5.74, 6) is 1.62. The van der Waals surface area contributed by atoms with E-state index < -0.39 is 0 Å². The Morgan fingerprint density at radius 2 is 2.00 bits per heavy atom. The van der Waals surface area contributed by atoms with E-state index in [1.165, 1.54) is 11.3 Å². The highest BCUT2D eigenvalue weighted by molar-refractivity contribution is 5.74. The molecule has 2 amide bonds. The summed E-state index contributed by atoms with van der Waals surface area (Å²) < 4.78 is 2.32. The van der Waals surface area contributed by atoms with Crippen LogP contribution in [0.15, 0.2) is 30.5 Å². The summed E-state index contributed by atoms with van der Waals surface area (Å²) in [7, 11) is 0. The van der Waals surface area contributed by atoms with Crippen LogP contribution >= 0.6 is 0 Å². The third-order valence-corrected chi connectivity index (χ3v) is 5.42. The van der Waals surface area contributed by atoms with Gasteiger partial charge < -0.3 is 14.8 Å². The highest BCUT2D eigenvalue weighted by Gasteiger charge is 2.25. The molecule has 1 fully saturated rings. The number of aryl methyl sites for hydroxylation is 2. The normalized spacial score (nSPS) is 17.4. The lowest BCUT2D eigenvalue weighted by Gasteiger charge is -2.33. The van der Waals surface area contributed by atoms with Crippen molar-refractivity contribution < 1.29 is 4.79 Å². The molecule has 3 rings (SSSR count). The number of carbonyl (C=O) groups excluding carboxylic acids is 1. The third-order valence-electron chi connectivity index (χ3n) is 5.42. The molecule has 1 unspecified atom stereocenters. The first kappa shape index (κ1) is 19.5. The zero-order chi connectivity index (χ0) is 19.4. The first-order valence-electron chi connectivity index (χ1n) is 10.0. The standard InChI is InChI=1S/C22H32N4O/c1-16(2)26-18(4)13-23-21(26)12-20-6-5-11-25(15-20)22(27)24-14-19-9-7-17(3)8-10-19/h7-10,13,16,20H,5-6,11-12,14-15H2,1-4H3,(H,24,27). The van der Waals surface area contributed by atoms with Crippen LogP contribution in [-0.4, -0.2) is 33.6 Å². The van der Waals surface area contributed by atoms with E-state index in [9.17, 15) is 4.79 Å². The van der Waals surface area contributed by atoms with E-state index in [0.29, 0.717) is 18.5 Å². The van der Waals surface area contributed by atoms with Crippen LogP contribution in [0.1, 0.15) is 55.4 Å². The maximum absolute atomic E-state index is 12.6. The highest BCUT2D eigenvalue weighted by atomic mass is 16.2. The second-order valence-electron chi connectivity index (χ2n) is 8.08. The summed E-state index contributed by atoms with van der Waals surface area (Å²) in [6.45, 7) is 10.8. The average molecular weight is 369 g/mol. The van der Waals surface area contributed by atoms with E-state index >= 15 is 0 Å². The Morgan fingerprint density at radius 1 is 1.26 bits per heavy atom. The van der Waals surface area contributed by atoms with E-state index in [2.05, 4.69) is 66.8 Å². The summed E-state index contributed by atoms with van der Waals surface area (Å²) in [5.41, 5.74) is 3.58. The van der Waals surface area contributed by atoms with Gasteiger partial charge in [0.25, 0.3) is 0 Å². The van der Waals surface area contributed by atoms with E-state index in [4.69, 9.17) is 0 Å². The Labute approximate surface area is 162 Å². The number of rotatable bonds is 5. The number of hydrogen-bond acceptors (Lipinski definition) is 2. The van der Waals surface area contributed by atoms with Crippen LogP contribution in [0.4, 0.5) is 4.79 Å². The number of benzene rings is 1. The molecule has 5 nitrogen and oxygen atoms in total. The zero-order valence-corrected chi connectivity index (χ0v) is 17.0. The molecule has 1 saturated heterocycles. The number of amides is 2. The SMILES string of the molecule is Cc1ccc(CNC(=O)N2CCCC(Cc3ncc(C)n3C(C)C)C2)cc1. The maximum Gasteiger partial charge on any atom is 0.317 e.